The molecule has 1 aliphatic heterocycles. The molecule has 1 aromatic heterocycles. The molecule has 0 bridgehead atoms. The number of carbonyl (C=O) groups excluding carboxylic acids is 2. The SMILES string of the molecule is O=C(Nc1c(C(=O)N2CCCCCC2)oc2ccccc12)c1cccc(Cl)c1. The molecule has 1 N–H and O–H groups in total. The fraction of sp³-hybridized carbons (Fsp3) is 0.273. The summed E-state index contributed by atoms with van der Waals surface area (Å²) < 4.78 is 5.88. The molecule has 28 heavy (non-hydrogen) atoms. The van der Waals surface area contributed by atoms with Crippen molar-refractivity contribution in [3.8, 4) is 0 Å². The van der Waals surface area contributed by atoms with Crippen molar-refractivity contribution >= 4 is 40.1 Å². The molecule has 0 aliphatic carbocycles. The molecular formula is C22H21ClN2O3. The highest BCUT2D eigenvalue weighted by molar-refractivity contribution is 6.31. The zero-order valence-corrected chi connectivity index (χ0v) is 16.2. The zero-order chi connectivity index (χ0) is 19.5. The summed E-state index contributed by atoms with van der Waals surface area (Å²) in [6.07, 6.45) is 4.22. The summed E-state index contributed by atoms with van der Waals surface area (Å²) >= 11 is 6.01. The van der Waals surface area contributed by atoms with Crippen LogP contribution in [0, 0.1) is 0 Å². The topological polar surface area (TPSA) is 62.6 Å². The van der Waals surface area contributed by atoms with Crippen molar-refractivity contribution in [1.29, 1.82) is 0 Å². The van der Waals surface area contributed by atoms with Crippen molar-refractivity contribution in [3.05, 3.63) is 64.9 Å². The van der Waals surface area contributed by atoms with Gasteiger partial charge >= 0.3 is 0 Å². The van der Waals surface area contributed by atoms with E-state index in [2.05, 4.69) is 5.32 Å². The van der Waals surface area contributed by atoms with E-state index in [0.29, 0.717) is 40.3 Å². The number of anilines is 1. The lowest BCUT2D eigenvalue weighted by Gasteiger charge is -2.19. The van der Waals surface area contributed by atoms with Gasteiger partial charge in [0.25, 0.3) is 11.8 Å². The van der Waals surface area contributed by atoms with Crippen LogP contribution in [0.4, 0.5) is 5.69 Å². The Labute approximate surface area is 168 Å². The Morgan fingerprint density at radius 1 is 0.964 bits per heavy atom. The van der Waals surface area contributed by atoms with E-state index >= 15 is 0 Å². The van der Waals surface area contributed by atoms with Crippen LogP contribution < -0.4 is 5.32 Å². The molecule has 1 aliphatic rings. The molecular weight excluding hydrogens is 376 g/mol. The molecule has 0 atom stereocenters. The number of benzene rings is 2. The number of nitrogens with one attached hydrogen (secondary N) is 1. The van der Waals surface area contributed by atoms with Gasteiger partial charge in [-0.05, 0) is 43.2 Å². The van der Waals surface area contributed by atoms with Gasteiger partial charge in [-0.15, -0.1) is 0 Å². The summed E-state index contributed by atoms with van der Waals surface area (Å²) in [6, 6.07) is 14.0. The fourth-order valence-corrected chi connectivity index (χ4v) is 3.74. The molecule has 2 amide bonds. The monoisotopic (exact) mass is 396 g/mol. The Morgan fingerprint density at radius 2 is 1.71 bits per heavy atom. The van der Waals surface area contributed by atoms with Crippen molar-refractivity contribution in [2.75, 3.05) is 18.4 Å². The molecule has 1 saturated heterocycles. The van der Waals surface area contributed by atoms with Crippen molar-refractivity contribution in [2.45, 2.75) is 25.7 Å². The normalized spacial score (nSPS) is 14.7. The lowest BCUT2D eigenvalue weighted by atomic mass is 10.1. The first-order valence-corrected chi connectivity index (χ1v) is 9.89. The second-order valence-electron chi connectivity index (χ2n) is 6.97. The summed E-state index contributed by atoms with van der Waals surface area (Å²) in [7, 11) is 0. The van der Waals surface area contributed by atoms with Crippen LogP contribution in [0.15, 0.2) is 52.9 Å². The average molecular weight is 397 g/mol. The second-order valence-corrected chi connectivity index (χ2v) is 7.41. The van der Waals surface area contributed by atoms with Crippen LogP contribution in [0.5, 0.6) is 0 Å². The third-order valence-electron chi connectivity index (χ3n) is 5.01. The Balaban J connectivity index is 1.71. The molecule has 1 fully saturated rings. The van der Waals surface area contributed by atoms with Crippen LogP contribution >= 0.6 is 11.6 Å². The van der Waals surface area contributed by atoms with Crippen molar-refractivity contribution < 1.29 is 14.0 Å². The van der Waals surface area contributed by atoms with Crippen molar-refractivity contribution in [1.82, 2.24) is 4.90 Å². The first kappa shape index (κ1) is 18.6. The molecule has 0 spiro atoms. The van der Waals surface area contributed by atoms with Gasteiger partial charge in [0.15, 0.2) is 0 Å². The number of hydrogen-bond acceptors (Lipinski definition) is 3. The lowest BCUT2D eigenvalue weighted by molar-refractivity contribution is 0.0733. The highest BCUT2D eigenvalue weighted by Gasteiger charge is 2.27. The highest BCUT2D eigenvalue weighted by atomic mass is 35.5. The number of amides is 2. The van der Waals surface area contributed by atoms with Gasteiger partial charge in [0.2, 0.25) is 5.76 Å². The first-order chi connectivity index (χ1) is 13.6. The van der Waals surface area contributed by atoms with Crippen LogP contribution in [0.1, 0.15) is 46.6 Å². The van der Waals surface area contributed by atoms with E-state index < -0.39 is 0 Å². The fourth-order valence-electron chi connectivity index (χ4n) is 3.55. The number of nitrogens with zero attached hydrogens (tertiary/aromatic N) is 1. The van der Waals surface area contributed by atoms with Crippen LogP contribution in [-0.4, -0.2) is 29.8 Å². The smallest absolute Gasteiger partial charge is 0.291 e. The maximum Gasteiger partial charge on any atom is 0.291 e. The summed E-state index contributed by atoms with van der Waals surface area (Å²) in [5, 5.41) is 4.06. The molecule has 0 saturated carbocycles. The van der Waals surface area contributed by atoms with E-state index in [9.17, 15) is 9.59 Å². The Hall–Kier alpha value is -2.79. The molecule has 3 aromatic rings. The van der Waals surface area contributed by atoms with Gasteiger partial charge in [0, 0.05) is 29.1 Å². The Bertz CT molecular complexity index is 1020. The first-order valence-electron chi connectivity index (χ1n) is 9.51. The van der Waals surface area contributed by atoms with Gasteiger partial charge in [-0.1, -0.05) is 42.6 Å². The molecule has 2 heterocycles. The predicted molar refractivity (Wildman–Crippen MR) is 110 cm³/mol. The molecule has 6 heteroatoms. The largest absolute Gasteiger partial charge is 0.449 e. The quantitative estimate of drug-likeness (QED) is 0.648. The number of para-hydroxylation sites is 1. The number of rotatable bonds is 3. The van der Waals surface area contributed by atoms with Crippen LogP contribution in [0.25, 0.3) is 11.0 Å². The zero-order valence-electron chi connectivity index (χ0n) is 15.4. The Kier molecular flexibility index (Phi) is 5.35. The molecule has 5 nitrogen and oxygen atoms in total. The van der Waals surface area contributed by atoms with Gasteiger partial charge in [0.05, 0.1) is 0 Å². The predicted octanol–water partition coefficient (Wildman–Crippen LogP) is 5.35. The maximum absolute atomic E-state index is 13.2. The Morgan fingerprint density at radius 3 is 2.46 bits per heavy atom. The van der Waals surface area contributed by atoms with Crippen LogP contribution in [-0.2, 0) is 0 Å². The standard InChI is InChI=1S/C22H21ClN2O3/c23-16-9-7-8-15(14-16)21(26)24-19-17-10-3-4-11-18(17)28-20(19)22(27)25-12-5-1-2-6-13-25/h3-4,7-11,14H,1-2,5-6,12-13H2,(H,24,26). The van der Waals surface area contributed by atoms with Gasteiger partial charge in [-0.3, -0.25) is 9.59 Å². The van der Waals surface area contributed by atoms with Crippen molar-refractivity contribution in [3.63, 3.8) is 0 Å². The molecule has 0 radical (unpaired) electrons. The highest BCUT2D eigenvalue weighted by Crippen LogP contribution is 2.32. The third kappa shape index (κ3) is 3.76. The molecule has 144 valence electrons. The minimum Gasteiger partial charge on any atom is -0.449 e. The van der Waals surface area contributed by atoms with E-state index in [-0.39, 0.29) is 17.6 Å². The summed E-state index contributed by atoms with van der Waals surface area (Å²) in [5.41, 5.74) is 1.41. The maximum atomic E-state index is 13.2. The van der Waals surface area contributed by atoms with Gasteiger partial charge < -0.3 is 14.6 Å². The second kappa shape index (κ2) is 8.07. The van der Waals surface area contributed by atoms with Crippen molar-refractivity contribution in [2.24, 2.45) is 0 Å². The lowest BCUT2D eigenvalue weighted by Crippen LogP contribution is -2.32. The van der Waals surface area contributed by atoms with Crippen LogP contribution in [0.3, 0.4) is 0 Å². The number of likely N-dealkylation sites (tertiary alicyclic amines) is 1. The third-order valence-corrected chi connectivity index (χ3v) is 5.24. The summed E-state index contributed by atoms with van der Waals surface area (Å²) in [4.78, 5) is 27.8. The number of furan rings is 1. The molecule has 2 aromatic carbocycles. The van der Waals surface area contributed by atoms with E-state index in [1.807, 2.05) is 23.1 Å². The average Bonchev–Trinajstić information content (AvgIpc) is 2.88. The summed E-state index contributed by atoms with van der Waals surface area (Å²) in [5.74, 6) is -0.336. The van der Waals surface area contributed by atoms with Gasteiger partial charge in [-0.2, -0.15) is 0 Å². The van der Waals surface area contributed by atoms with Crippen LogP contribution in [0.2, 0.25) is 5.02 Å². The minimum absolute atomic E-state index is 0.179. The summed E-state index contributed by atoms with van der Waals surface area (Å²) in [6.45, 7) is 1.41. The molecule has 0 unspecified atom stereocenters. The molecule has 4 rings (SSSR count). The number of carbonyl (C=O) groups is 2. The van der Waals surface area contributed by atoms with E-state index in [1.54, 1.807) is 30.3 Å². The van der Waals surface area contributed by atoms with Gasteiger partial charge in [-0.25, -0.2) is 0 Å². The van der Waals surface area contributed by atoms with Gasteiger partial charge in [0.1, 0.15) is 11.3 Å². The minimum atomic E-state index is -0.334. The number of hydrogen-bond donors (Lipinski definition) is 1. The number of fused-ring (bicyclic) bond motifs is 1. The van der Waals surface area contributed by atoms with E-state index in [4.69, 9.17) is 16.0 Å². The van der Waals surface area contributed by atoms with E-state index in [1.165, 1.54) is 0 Å². The van der Waals surface area contributed by atoms with E-state index in [0.717, 1.165) is 25.7 Å². The number of halogens is 1.